The van der Waals surface area contributed by atoms with E-state index in [1.54, 1.807) is 60.4 Å². The molecule has 0 saturated carbocycles. The molecular weight excluding hydrogens is 498 g/mol. The number of esters is 1. The van der Waals surface area contributed by atoms with Crippen molar-refractivity contribution >= 4 is 52.1 Å². The molecule has 1 atom stereocenters. The average molecular weight is 534 g/mol. The van der Waals surface area contributed by atoms with Crippen molar-refractivity contribution in [1.29, 1.82) is 0 Å². The molecule has 2 heterocycles. The number of ketones is 1. The van der Waals surface area contributed by atoms with Crippen LogP contribution in [-0.2, 0) is 19.1 Å². The van der Waals surface area contributed by atoms with Gasteiger partial charge in [0.25, 0.3) is 0 Å². The van der Waals surface area contributed by atoms with Crippen LogP contribution in [-0.4, -0.2) is 53.9 Å². The monoisotopic (exact) mass is 533 g/mol. The fourth-order valence-corrected chi connectivity index (χ4v) is 3.82. The van der Waals surface area contributed by atoms with Crippen LogP contribution in [0.4, 0.5) is 22.7 Å². The summed E-state index contributed by atoms with van der Waals surface area (Å²) < 4.78 is 4.91. The third kappa shape index (κ3) is 8.42. The van der Waals surface area contributed by atoms with Gasteiger partial charge in [-0.1, -0.05) is 13.3 Å². The number of amides is 1. The molecule has 11 nitrogen and oxygen atoms in total. The molecule has 7 N–H and O–H groups in total. The summed E-state index contributed by atoms with van der Waals surface area (Å²) in [7, 11) is 0. The van der Waals surface area contributed by atoms with Gasteiger partial charge in [-0.15, -0.1) is 0 Å². The first-order valence-electron chi connectivity index (χ1n) is 12.8. The van der Waals surface area contributed by atoms with Gasteiger partial charge in [0.05, 0.1) is 23.9 Å². The van der Waals surface area contributed by atoms with E-state index in [1.165, 1.54) is 6.08 Å². The second-order valence-electron chi connectivity index (χ2n) is 9.04. The predicted molar refractivity (Wildman–Crippen MR) is 153 cm³/mol. The fourth-order valence-electron chi connectivity index (χ4n) is 3.82. The highest BCUT2D eigenvalue weighted by atomic mass is 16.5. The van der Waals surface area contributed by atoms with Gasteiger partial charge in [0.1, 0.15) is 0 Å². The summed E-state index contributed by atoms with van der Waals surface area (Å²) in [5.74, 6) is -0.550. The van der Waals surface area contributed by atoms with Crippen LogP contribution in [0.1, 0.15) is 33.1 Å². The predicted octanol–water partition coefficient (Wildman–Crippen LogP) is 3.02. The molecule has 39 heavy (non-hydrogen) atoms. The van der Waals surface area contributed by atoms with Crippen molar-refractivity contribution in [3.05, 3.63) is 60.3 Å². The number of nitrogen functional groups attached to an aromatic ring is 2. The second kappa shape index (κ2) is 13.8. The molecular formula is C28H35N7O4. The molecule has 2 aliphatic heterocycles. The zero-order chi connectivity index (χ0) is 28.4. The van der Waals surface area contributed by atoms with Crippen LogP contribution in [0.15, 0.2) is 70.3 Å². The Balaban J connectivity index is 0.000000242. The number of rotatable bonds is 8. The minimum Gasteiger partial charge on any atom is -0.466 e. The second-order valence-corrected chi connectivity index (χ2v) is 9.04. The van der Waals surface area contributed by atoms with E-state index in [9.17, 15) is 14.4 Å². The first-order valence-corrected chi connectivity index (χ1v) is 12.8. The van der Waals surface area contributed by atoms with Crippen LogP contribution in [0.3, 0.4) is 0 Å². The lowest BCUT2D eigenvalue weighted by Gasteiger charge is -2.15. The smallest absolute Gasteiger partial charge is 0.311 e. The van der Waals surface area contributed by atoms with Gasteiger partial charge in [-0.3, -0.25) is 14.4 Å². The number of carbonyl (C=O) groups excluding carboxylic acids is 3. The van der Waals surface area contributed by atoms with Crippen molar-refractivity contribution in [3.63, 3.8) is 0 Å². The number of nitrogens with one attached hydrogen (secondary N) is 1. The number of benzene rings is 2. The van der Waals surface area contributed by atoms with E-state index >= 15 is 0 Å². The number of hydrogen-bond acceptors (Lipinski definition) is 9. The highest BCUT2D eigenvalue weighted by Crippen LogP contribution is 2.21. The number of nitrogens with two attached hydrogens (primary N) is 3. The SMILES string of the molecule is CCCCN1CC(C(=O)OCC)CC1=O.NC1=NC(=Nc2ccc(N)cc2)C(Nc2ccc(N)cc2)=CC1=O. The lowest BCUT2D eigenvalue weighted by atomic mass is 10.1. The number of unbranched alkanes of at least 4 members (excludes halogenated alkanes) is 1. The van der Waals surface area contributed by atoms with Crippen molar-refractivity contribution in [1.82, 2.24) is 4.90 Å². The topological polar surface area (TPSA) is 178 Å². The summed E-state index contributed by atoms with van der Waals surface area (Å²) in [6.07, 6.45) is 3.76. The first-order chi connectivity index (χ1) is 18.7. The molecule has 4 rings (SSSR count). The molecule has 2 aromatic rings. The zero-order valence-corrected chi connectivity index (χ0v) is 22.2. The van der Waals surface area contributed by atoms with Crippen molar-refractivity contribution in [2.45, 2.75) is 33.1 Å². The fraction of sp³-hybridized carbons (Fsp3) is 0.321. The van der Waals surface area contributed by atoms with Crippen molar-refractivity contribution in [3.8, 4) is 0 Å². The van der Waals surface area contributed by atoms with Crippen molar-refractivity contribution in [2.75, 3.05) is 36.5 Å². The number of likely N-dealkylation sites (tertiary alicyclic amines) is 1. The van der Waals surface area contributed by atoms with Crippen LogP contribution in [0, 0.1) is 5.92 Å². The van der Waals surface area contributed by atoms with E-state index < -0.39 is 0 Å². The normalized spacial score (nSPS) is 17.7. The summed E-state index contributed by atoms with van der Waals surface area (Å²) in [5, 5.41) is 3.11. The Kier molecular flexibility index (Phi) is 10.2. The van der Waals surface area contributed by atoms with Crippen LogP contribution < -0.4 is 22.5 Å². The summed E-state index contributed by atoms with van der Waals surface area (Å²) >= 11 is 0. The quantitative estimate of drug-likeness (QED) is 0.295. The zero-order valence-electron chi connectivity index (χ0n) is 22.2. The molecule has 1 fully saturated rings. The number of aliphatic imine (C=N–C) groups is 2. The Morgan fingerprint density at radius 1 is 1.05 bits per heavy atom. The molecule has 2 aliphatic rings. The van der Waals surface area contributed by atoms with Crippen LogP contribution in [0.5, 0.6) is 0 Å². The maximum atomic E-state index is 11.8. The Labute approximate surface area is 227 Å². The Morgan fingerprint density at radius 3 is 2.31 bits per heavy atom. The average Bonchev–Trinajstić information content (AvgIpc) is 3.29. The molecule has 206 valence electrons. The van der Waals surface area contributed by atoms with E-state index in [0.717, 1.165) is 25.1 Å². The Morgan fingerprint density at radius 2 is 1.69 bits per heavy atom. The molecule has 0 aliphatic carbocycles. The molecule has 2 aromatic carbocycles. The van der Waals surface area contributed by atoms with Gasteiger partial charge in [0.2, 0.25) is 11.7 Å². The Bertz CT molecular complexity index is 1270. The number of nitrogens with zero attached hydrogens (tertiary/aromatic N) is 3. The maximum Gasteiger partial charge on any atom is 0.311 e. The standard InChI is InChI=1S/C17H16N6O.C11H19NO3/c18-10-1-5-12(6-2-10)21-14-9-15(24)16(20)23-17(14)22-13-7-3-11(19)4-8-13;1-3-5-6-12-8-9(7-10(12)13)11(14)15-4-2/h1-9,21H,18-19H2,(H2,20,22,23);9H,3-8H2,1-2H3. The largest absolute Gasteiger partial charge is 0.466 e. The minimum atomic E-state index is -0.371. The number of anilines is 3. The van der Waals surface area contributed by atoms with Crippen LogP contribution in [0.2, 0.25) is 0 Å². The molecule has 1 unspecified atom stereocenters. The summed E-state index contributed by atoms with van der Waals surface area (Å²) in [5.41, 5.74) is 20.1. The number of dihydropyridines is 1. The van der Waals surface area contributed by atoms with Crippen LogP contribution in [0.25, 0.3) is 0 Å². The van der Waals surface area contributed by atoms with Gasteiger partial charge in [0, 0.05) is 42.6 Å². The third-order valence-electron chi connectivity index (χ3n) is 5.93. The van der Waals surface area contributed by atoms with Gasteiger partial charge in [-0.25, -0.2) is 9.98 Å². The molecule has 0 spiro atoms. The maximum absolute atomic E-state index is 11.8. The van der Waals surface area contributed by atoms with Crippen molar-refractivity contribution in [2.24, 2.45) is 21.6 Å². The molecule has 11 heteroatoms. The molecule has 1 saturated heterocycles. The molecule has 0 bridgehead atoms. The van der Waals surface area contributed by atoms with Gasteiger partial charge in [-0.05, 0) is 61.9 Å². The number of hydrogen-bond donors (Lipinski definition) is 4. The first kappa shape index (κ1) is 28.9. The number of ether oxygens (including phenoxy) is 1. The van der Waals surface area contributed by atoms with Gasteiger partial charge < -0.3 is 32.2 Å². The highest BCUT2D eigenvalue weighted by molar-refractivity contribution is 6.47. The van der Waals surface area contributed by atoms with Crippen LogP contribution >= 0.6 is 0 Å². The number of amidine groups is 2. The Hall–Kier alpha value is -4.67. The van der Waals surface area contributed by atoms with E-state index in [4.69, 9.17) is 21.9 Å². The lowest BCUT2D eigenvalue weighted by Crippen LogP contribution is -2.30. The molecule has 0 aromatic heterocycles. The third-order valence-corrected chi connectivity index (χ3v) is 5.93. The molecule has 0 radical (unpaired) electrons. The number of carbonyl (C=O) groups is 3. The highest BCUT2D eigenvalue weighted by Gasteiger charge is 2.34. The molecule has 1 amide bonds. The summed E-state index contributed by atoms with van der Waals surface area (Å²) in [4.78, 5) is 45.0. The van der Waals surface area contributed by atoms with Gasteiger partial charge in [-0.2, -0.15) is 0 Å². The summed E-state index contributed by atoms with van der Waals surface area (Å²) in [6, 6.07) is 14.1. The van der Waals surface area contributed by atoms with E-state index in [2.05, 4.69) is 22.2 Å². The minimum absolute atomic E-state index is 0.0847. The van der Waals surface area contributed by atoms with Gasteiger partial charge >= 0.3 is 5.97 Å². The van der Waals surface area contributed by atoms with E-state index in [-0.39, 0.29) is 29.4 Å². The van der Waals surface area contributed by atoms with E-state index in [0.29, 0.717) is 48.2 Å². The van der Waals surface area contributed by atoms with Crippen molar-refractivity contribution < 1.29 is 19.1 Å². The van der Waals surface area contributed by atoms with E-state index in [1.807, 2.05) is 0 Å². The van der Waals surface area contributed by atoms with Gasteiger partial charge in [0.15, 0.2) is 11.7 Å². The summed E-state index contributed by atoms with van der Waals surface area (Å²) in [6.45, 7) is 5.56. The lowest BCUT2D eigenvalue weighted by molar-refractivity contribution is -0.147.